The van der Waals surface area contributed by atoms with Gasteiger partial charge in [0.15, 0.2) is 0 Å². The quantitative estimate of drug-likeness (QED) is 0.777. The van der Waals surface area contributed by atoms with Gasteiger partial charge in [-0.05, 0) is 61.4 Å². The number of rotatable bonds is 5. The Hall–Kier alpha value is -2.06. The van der Waals surface area contributed by atoms with E-state index < -0.39 is 0 Å². The number of likely N-dealkylation sites (tertiary alicyclic amines) is 1. The van der Waals surface area contributed by atoms with Crippen LogP contribution >= 0.6 is 0 Å². The highest BCUT2D eigenvalue weighted by atomic mass is 16.3. The van der Waals surface area contributed by atoms with Gasteiger partial charge >= 0.3 is 0 Å². The minimum atomic E-state index is 0.378. The third-order valence-electron chi connectivity index (χ3n) is 5.70. The van der Waals surface area contributed by atoms with Crippen LogP contribution in [0, 0.1) is 5.92 Å². The molecule has 1 N–H and O–H groups in total. The summed E-state index contributed by atoms with van der Waals surface area (Å²) in [6, 6.07) is 19.0. The third kappa shape index (κ3) is 4.52. The summed E-state index contributed by atoms with van der Waals surface area (Å²) in [6.45, 7) is 6.82. The predicted molar refractivity (Wildman–Crippen MR) is 105 cm³/mol. The summed E-state index contributed by atoms with van der Waals surface area (Å²) in [5.74, 6) is 1.49. The number of phenols is 1. The molecule has 3 rings (SSSR count). The Bertz CT molecular complexity index is 694. The standard InChI is InChI=1S/C23H29NO/c1-18-19(2)24(15-7-6-11-20-9-4-3-5-10-20)16-14-23(18)21-12-8-13-22(25)17-21/h3-10,12-13,17-19,23,25H,11,14-16H2,1-2H3/t18-,19?,23+/m0/s1. The van der Waals surface area contributed by atoms with Crippen LogP contribution in [0.3, 0.4) is 0 Å². The van der Waals surface area contributed by atoms with Crippen molar-refractivity contribution in [2.24, 2.45) is 5.92 Å². The van der Waals surface area contributed by atoms with E-state index in [-0.39, 0.29) is 0 Å². The Morgan fingerprint density at radius 2 is 1.84 bits per heavy atom. The van der Waals surface area contributed by atoms with Crippen LogP contribution in [0.25, 0.3) is 0 Å². The van der Waals surface area contributed by atoms with E-state index in [0.717, 1.165) is 25.9 Å². The summed E-state index contributed by atoms with van der Waals surface area (Å²) in [5.41, 5.74) is 2.64. The molecule has 2 aromatic rings. The van der Waals surface area contributed by atoms with Crippen molar-refractivity contribution < 1.29 is 5.11 Å². The van der Waals surface area contributed by atoms with Gasteiger partial charge in [0.05, 0.1) is 0 Å². The molecule has 0 saturated carbocycles. The molecule has 1 heterocycles. The molecule has 25 heavy (non-hydrogen) atoms. The average Bonchev–Trinajstić information content (AvgIpc) is 2.63. The number of benzene rings is 2. The van der Waals surface area contributed by atoms with E-state index in [2.05, 4.69) is 67.3 Å². The van der Waals surface area contributed by atoms with Crippen molar-refractivity contribution in [2.45, 2.75) is 38.6 Å². The molecule has 132 valence electrons. The lowest BCUT2D eigenvalue weighted by molar-refractivity contribution is 0.108. The smallest absolute Gasteiger partial charge is 0.115 e. The van der Waals surface area contributed by atoms with Crippen LogP contribution in [0.5, 0.6) is 5.75 Å². The summed E-state index contributed by atoms with van der Waals surface area (Å²) < 4.78 is 0. The largest absolute Gasteiger partial charge is 0.508 e. The van der Waals surface area contributed by atoms with Crippen LogP contribution in [-0.2, 0) is 6.42 Å². The summed E-state index contributed by atoms with van der Waals surface area (Å²) >= 11 is 0. The van der Waals surface area contributed by atoms with Gasteiger partial charge in [0.25, 0.3) is 0 Å². The molecule has 2 heteroatoms. The molecular formula is C23H29NO. The fraction of sp³-hybridized carbons (Fsp3) is 0.391. The first kappa shape index (κ1) is 17.8. The molecule has 1 aliphatic heterocycles. The first-order valence-corrected chi connectivity index (χ1v) is 9.37. The van der Waals surface area contributed by atoms with Gasteiger partial charge in [0.2, 0.25) is 0 Å². The first-order chi connectivity index (χ1) is 12.1. The Morgan fingerprint density at radius 3 is 2.60 bits per heavy atom. The maximum absolute atomic E-state index is 9.77. The van der Waals surface area contributed by atoms with Gasteiger partial charge in [-0.1, -0.05) is 61.5 Å². The van der Waals surface area contributed by atoms with Crippen LogP contribution in [0.2, 0.25) is 0 Å². The fourth-order valence-corrected chi connectivity index (χ4v) is 3.97. The van der Waals surface area contributed by atoms with Crippen LogP contribution in [0.15, 0.2) is 66.7 Å². The molecule has 1 saturated heterocycles. The molecule has 1 fully saturated rings. The summed E-state index contributed by atoms with van der Waals surface area (Å²) in [6.07, 6.45) is 6.75. The number of phenolic OH excluding ortho intramolecular Hbond substituents is 1. The molecule has 1 unspecified atom stereocenters. The molecule has 0 amide bonds. The Balaban J connectivity index is 1.55. The summed E-state index contributed by atoms with van der Waals surface area (Å²) in [5, 5.41) is 9.77. The van der Waals surface area contributed by atoms with Crippen LogP contribution < -0.4 is 0 Å². The van der Waals surface area contributed by atoms with Crippen molar-refractivity contribution in [1.82, 2.24) is 4.90 Å². The molecular weight excluding hydrogens is 306 g/mol. The number of hydrogen-bond donors (Lipinski definition) is 1. The van der Waals surface area contributed by atoms with Crippen molar-refractivity contribution in [3.8, 4) is 5.75 Å². The summed E-state index contributed by atoms with van der Waals surface area (Å²) in [7, 11) is 0. The van der Waals surface area contributed by atoms with Crippen molar-refractivity contribution in [1.29, 1.82) is 0 Å². The van der Waals surface area contributed by atoms with E-state index in [1.165, 1.54) is 11.1 Å². The zero-order valence-corrected chi connectivity index (χ0v) is 15.3. The predicted octanol–water partition coefficient (Wildman–Crippen LogP) is 5.01. The number of hydrogen-bond acceptors (Lipinski definition) is 2. The first-order valence-electron chi connectivity index (χ1n) is 9.37. The normalized spacial score (nSPS) is 24.6. The lowest BCUT2D eigenvalue weighted by atomic mass is 9.77. The zero-order valence-electron chi connectivity index (χ0n) is 15.3. The van der Waals surface area contributed by atoms with Gasteiger partial charge in [-0.15, -0.1) is 0 Å². The highest BCUT2D eigenvalue weighted by Crippen LogP contribution is 2.37. The van der Waals surface area contributed by atoms with Gasteiger partial charge < -0.3 is 5.11 Å². The SMILES string of the molecule is CC1[C@H](C)[C@H](c2cccc(O)c2)CCN1CC=CCc1ccccc1. The molecule has 2 aromatic carbocycles. The van der Waals surface area contributed by atoms with Crippen molar-refractivity contribution in [3.63, 3.8) is 0 Å². The minimum Gasteiger partial charge on any atom is -0.508 e. The van der Waals surface area contributed by atoms with Gasteiger partial charge in [-0.3, -0.25) is 4.90 Å². The Morgan fingerprint density at radius 1 is 1.04 bits per heavy atom. The molecule has 1 aliphatic rings. The fourth-order valence-electron chi connectivity index (χ4n) is 3.97. The van der Waals surface area contributed by atoms with Crippen molar-refractivity contribution in [2.75, 3.05) is 13.1 Å². The Labute approximate surface area is 151 Å². The van der Waals surface area contributed by atoms with E-state index in [1.807, 2.05) is 12.1 Å². The molecule has 0 aromatic heterocycles. The van der Waals surface area contributed by atoms with E-state index in [4.69, 9.17) is 0 Å². The number of piperidine rings is 1. The van der Waals surface area contributed by atoms with E-state index >= 15 is 0 Å². The van der Waals surface area contributed by atoms with Crippen LogP contribution in [-0.4, -0.2) is 29.1 Å². The van der Waals surface area contributed by atoms with Crippen LogP contribution in [0.4, 0.5) is 0 Å². The lowest BCUT2D eigenvalue weighted by Gasteiger charge is -2.42. The zero-order chi connectivity index (χ0) is 17.6. The monoisotopic (exact) mass is 335 g/mol. The van der Waals surface area contributed by atoms with Gasteiger partial charge in [0, 0.05) is 12.6 Å². The maximum Gasteiger partial charge on any atom is 0.115 e. The molecule has 0 spiro atoms. The number of allylic oxidation sites excluding steroid dienone is 1. The third-order valence-corrected chi connectivity index (χ3v) is 5.70. The molecule has 0 bridgehead atoms. The average molecular weight is 335 g/mol. The lowest BCUT2D eigenvalue weighted by Crippen LogP contribution is -2.45. The topological polar surface area (TPSA) is 23.5 Å². The van der Waals surface area contributed by atoms with E-state index in [9.17, 15) is 5.11 Å². The van der Waals surface area contributed by atoms with Crippen molar-refractivity contribution in [3.05, 3.63) is 77.9 Å². The van der Waals surface area contributed by atoms with Gasteiger partial charge in [0.1, 0.15) is 5.75 Å². The van der Waals surface area contributed by atoms with Crippen molar-refractivity contribution >= 4 is 0 Å². The maximum atomic E-state index is 9.77. The van der Waals surface area contributed by atoms with E-state index in [1.54, 1.807) is 6.07 Å². The van der Waals surface area contributed by atoms with E-state index in [0.29, 0.717) is 23.6 Å². The second kappa shape index (κ2) is 8.35. The number of nitrogens with zero attached hydrogens (tertiary/aromatic N) is 1. The minimum absolute atomic E-state index is 0.378. The van der Waals surface area contributed by atoms with Crippen LogP contribution in [0.1, 0.15) is 37.3 Å². The van der Waals surface area contributed by atoms with Gasteiger partial charge in [-0.25, -0.2) is 0 Å². The number of aromatic hydroxyl groups is 1. The Kier molecular flexibility index (Phi) is 5.93. The highest BCUT2D eigenvalue weighted by Gasteiger charge is 2.32. The highest BCUT2D eigenvalue weighted by molar-refractivity contribution is 5.30. The molecule has 0 aliphatic carbocycles. The van der Waals surface area contributed by atoms with Gasteiger partial charge in [-0.2, -0.15) is 0 Å². The second-order valence-corrected chi connectivity index (χ2v) is 7.25. The molecule has 0 radical (unpaired) electrons. The molecule has 2 nitrogen and oxygen atoms in total. The molecule has 3 atom stereocenters. The summed E-state index contributed by atoms with van der Waals surface area (Å²) in [4.78, 5) is 2.57. The second-order valence-electron chi connectivity index (χ2n) is 7.25.